The van der Waals surface area contributed by atoms with Crippen LogP contribution in [0.4, 0.5) is 0 Å². The van der Waals surface area contributed by atoms with E-state index in [0.717, 1.165) is 4.57 Å². The Labute approximate surface area is 157 Å². The van der Waals surface area contributed by atoms with Crippen molar-refractivity contribution in [3.8, 4) is 11.8 Å². The summed E-state index contributed by atoms with van der Waals surface area (Å²) in [5.74, 6) is 0. The number of hydrogen-bond acceptors (Lipinski definition) is 5. The van der Waals surface area contributed by atoms with E-state index in [4.69, 9.17) is 0 Å². The SMILES string of the molecule is N#Cc1ccccc1-n1c(=O)n(Cn2ccc(=O)cc2)c(=O)c2cccnc21. The molecule has 3 heterocycles. The first-order valence-electron chi connectivity index (χ1n) is 8.36. The lowest BCUT2D eigenvalue weighted by Gasteiger charge is -2.15. The van der Waals surface area contributed by atoms with Crippen LogP contribution in [0, 0.1) is 11.3 Å². The van der Waals surface area contributed by atoms with Crippen LogP contribution in [-0.2, 0) is 6.67 Å². The predicted octanol–water partition coefficient (Wildman–Crippen LogP) is 1.09. The van der Waals surface area contributed by atoms with Crippen molar-refractivity contribution >= 4 is 11.0 Å². The van der Waals surface area contributed by atoms with Gasteiger partial charge in [-0.3, -0.25) is 9.59 Å². The highest BCUT2D eigenvalue weighted by Gasteiger charge is 2.17. The minimum absolute atomic E-state index is 0.0858. The van der Waals surface area contributed by atoms with Gasteiger partial charge in [-0.15, -0.1) is 0 Å². The maximum Gasteiger partial charge on any atom is 0.338 e. The number of para-hydroxylation sites is 1. The third kappa shape index (κ3) is 2.81. The zero-order valence-electron chi connectivity index (χ0n) is 14.5. The molecule has 136 valence electrons. The van der Waals surface area contributed by atoms with E-state index in [1.54, 1.807) is 41.0 Å². The van der Waals surface area contributed by atoms with Gasteiger partial charge in [0, 0.05) is 30.7 Å². The van der Waals surface area contributed by atoms with Crippen molar-refractivity contribution in [1.29, 1.82) is 5.26 Å². The van der Waals surface area contributed by atoms with E-state index in [2.05, 4.69) is 11.1 Å². The van der Waals surface area contributed by atoms with Crippen molar-refractivity contribution in [2.75, 3.05) is 0 Å². The van der Waals surface area contributed by atoms with Crippen LogP contribution in [0.3, 0.4) is 0 Å². The van der Waals surface area contributed by atoms with Gasteiger partial charge in [-0.05, 0) is 24.3 Å². The van der Waals surface area contributed by atoms with Gasteiger partial charge in [0.2, 0.25) is 0 Å². The molecule has 0 atom stereocenters. The molecule has 0 aliphatic carbocycles. The summed E-state index contributed by atoms with van der Waals surface area (Å²) in [6.45, 7) is -0.0858. The highest BCUT2D eigenvalue weighted by Crippen LogP contribution is 2.15. The average molecular weight is 371 g/mol. The quantitative estimate of drug-likeness (QED) is 0.536. The molecule has 8 heteroatoms. The van der Waals surface area contributed by atoms with E-state index >= 15 is 0 Å². The van der Waals surface area contributed by atoms with Gasteiger partial charge in [0.25, 0.3) is 5.56 Å². The summed E-state index contributed by atoms with van der Waals surface area (Å²) in [6, 6.07) is 14.6. The molecule has 0 N–H and O–H groups in total. The highest BCUT2D eigenvalue weighted by molar-refractivity contribution is 5.76. The Balaban J connectivity index is 2.06. The second-order valence-corrected chi connectivity index (χ2v) is 6.04. The van der Waals surface area contributed by atoms with E-state index in [9.17, 15) is 19.6 Å². The molecule has 8 nitrogen and oxygen atoms in total. The summed E-state index contributed by atoms with van der Waals surface area (Å²) in [5.41, 5.74) is -0.504. The molecule has 1 aromatic carbocycles. The number of pyridine rings is 2. The Kier molecular flexibility index (Phi) is 4.18. The number of nitrogens with zero attached hydrogens (tertiary/aromatic N) is 5. The molecule has 0 saturated carbocycles. The van der Waals surface area contributed by atoms with E-state index in [0.29, 0.717) is 5.69 Å². The van der Waals surface area contributed by atoms with Crippen molar-refractivity contribution in [2.24, 2.45) is 0 Å². The van der Waals surface area contributed by atoms with Crippen molar-refractivity contribution in [3.63, 3.8) is 0 Å². The maximum atomic E-state index is 13.2. The highest BCUT2D eigenvalue weighted by atomic mass is 16.2. The molecule has 0 unspecified atom stereocenters. The second-order valence-electron chi connectivity index (χ2n) is 6.04. The fourth-order valence-corrected chi connectivity index (χ4v) is 2.99. The lowest BCUT2D eigenvalue weighted by Crippen LogP contribution is -2.41. The van der Waals surface area contributed by atoms with Gasteiger partial charge in [-0.25, -0.2) is 18.9 Å². The minimum atomic E-state index is -0.627. The fourth-order valence-electron chi connectivity index (χ4n) is 2.99. The van der Waals surface area contributed by atoms with Crippen LogP contribution in [0.2, 0.25) is 0 Å². The summed E-state index contributed by atoms with van der Waals surface area (Å²) in [4.78, 5) is 41.7. The summed E-state index contributed by atoms with van der Waals surface area (Å²) in [7, 11) is 0. The molecule has 4 aromatic rings. The summed E-state index contributed by atoms with van der Waals surface area (Å²) < 4.78 is 3.85. The van der Waals surface area contributed by atoms with Crippen molar-refractivity contribution in [3.05, 3.63) is 104 Å². The fraction of sp³-hybridized carbons (Fsp3) is 0.0500. The first kappa shape index (κ1) is 17.2. The number of rotatable bonds is 3. The van der Waals surface area contributed by atoms with E-state index in [1.165, 1.54) is 35.3 Å². The summed E-state index contributed by atoms with van der Waals surface area (Å²) in [6.07, 6.45) is 4.48. The zero-order valence-corrected chi connectivity index (χ0v) is 14.5. The van der Waals surface area contributed by atoms with E-state index < -0.39 is 11.2 Å². The molecule has 0 aliphatic heterocycles. The molecule has 28 heavy (non-hydrogen) atoms. The van der Waals surface area contributed by atoms with Crippen LogP contribution in [0.1, 0.15) is 5.56 Å². The molecular weight excluding hydrogens is 358 g/mol. The van der Waals surface area contributed by atoms with Crippen LogP contribution in [0.15, 0.2) is 81.5 Å². The van der Waals surface area contributed by atoms with Gasteiger partial charge in [-0.1, -0.05) is 12.1 Å². The Morgan fingerprint density at radius 1 is 0.964 bits per heavy atom. The molecule has 0 radical (unpaired) electrons. The maximum absolute atomic E-state index is 13.2. The Bertz CT molecular complexity index is 1400. The number of benzene rings is 1. The lowest BCUT2D eigenvalue weighted by molar-refractivity contribution is 0.552. The lowest BCUT2D eigenvalue weighted by atomic mass is 10.2. The summed E-state index contributed by atoms with van der Waals surface area (Å²) in [5, 5.41) is 9.69. The topological polar surface area (TPSA) is 103 Å². The van der Waals surface area contributed by atoms with Crippen molar-refractivity contribution in [1.82, 2.24) is 18.7 Å². The summed E-state index contributed by atoms with van der Waals surface area (Å²) >= 11 is 0. The molecule has 0 amide bonds. The minimum Gasteiger partial charge on any atom is -0.335 e. The monoisotopic (exact) mass is 371 g/mol. The van der Waals surface area contributed by atoms with Crippen LogP contribution >= 0.6 is 0 Å². The third-order valence-corrected chi connectivity index (χ3v) is 4.33. The molecule has 4 rings (SSSR count). The largest absolute Gasteiger partial charge is 0.338 e. The Morgan fingerprint density at radius 3 is 2.46 bits per heavy atom. The van der Waals surface area contributed by atoms with Crippen LogP contribution in [0.5, 0.6) is 0 Å². The zero-order chi connectivity index (χ0) is 19.7. The molecule has 0 spiro atoms. The molecule has 0 saturated heterocycles. The molecule has 0 fully saturated rings. The second kappa shape index (κ2) is 6.81. The molecule has 0 aliphatic rings. The van der Waals surface area contributed by atoms with Gasteiger partial charge in [0.05, 0.1) is 16.6 Å². The van der Waals surface area contributed by atoms with Gasteiger partial charge < -0.3 is 4.57 Å². The van der Waals surface area contributed by atoms with Gasteiger partial charge in [0.15, 0.2) is 11.1 Å². The van der Waals surface area contributed by atoms with Crippen LogP contribution in [0.25, 0.3) is 16.7 Å². The van der Waals surface area contributed by atoms with Crippen molar-refractivity contribution < 1.29 is 0 Å². The predicted molar refractivity (Wildman–Crippen MR) is 102 cm³/mol. The van der Waals surface area contributed by atoms with E-state index in [-0.39, 0.29) is 28.7 Å². The van der Waals surface area contributed by atoms with Crippen molar-refractivity contribution in [2.45, 2.75) is 6.67 Å². The third-order valence-electron chi connectivity index (χ3n) is 4.33. The molecule has 0 bridgehead atoms. The van der Waals surface area contributed by atoms with Gasteiger partial charge in [-0.2, -0.15) is 5.26 Å². The Morgan fingerprint density at radius 2 is 1.71 bits per heavy atom. The van der Waals surface area contributed by atoms with Crippen LogP contribution < -0.4 is 16.7 Å². The smallest absolute Gasteiger partial charge is 0.335 e. The number of fused-ring (bicyclic) bond motifs is 1. The molecule has 3 aromatic heterocycles. The molecular formula is C20H13N5O3. The Hall–Kier alpha value is -4.25. The number of aromatic nitrogens is 4. The average Bonchev–Trinajstić information content (AvgIpc) is 2.73. The first-order valence-corrected chi connectivity index (χ1v) is 8.36. The first-order chi connectivity index (χ1) is 13.6. The normalized spacial score (nSPS) is 10.7. The van der Waals surface area contributed by atoms with E-state index in [1.807, 2.05) is 0 Å². The van der Waals surface area contributed by atoms with Gasteiger partial charge >= 0.3 is 5.69 Å². The standard InChI is InChI=1S/C20H13N5O3/c21-12-14-4-1-2-6-17(14)25-18-16(5-3-9-22-18)19(27)24(20(25)28)13-23-10-7-15(26)8-11-23/h1-11H,13H2. The number of hydrogen-bond donors (Lipinski definition) is 0. The number of nitriles is 1. The van der Waals surface area contributed by atoms with Gasteiger partial charge in [0.1, 0.15) is 12.7 Å². The van der Waals surface area contributed by atoms with Crippen LogP contribution in [-0.4, -0.2) is 18.7 Å².